The van der Waals surface area contributed by atoms with E-state index in [1.807, 2.05) is 0 Å². The fourth-order valence-electron chi connectivity index (χ4n) is 3.04. The average Bonchev–Trinajstić information content (AvgIpc) is 3.03. The minimum Gasteiger partial charge on any atom is -0.459 e. The van der Waals surface area contributed by atoms with Gasteiger partial charge in [0.2, 0.25) is 0 Å². The van der Waals surface area contributed by atoms with E-state index in [0.29, 0.717) is 5.56 Å². The van der Waals surface area contributed by atoms with E-state index in [9.17, 15) is 19.2 Å². The predicted octanol–water partition coefficient (Wildman–Crippen LogP) is 0.902. The highest BCUT2D eigenvalue weighted by atomic mass is 16.6. The molecular weight excluding hydrogens is 398 g/mol. The number of nitrogens with one attached hydrogen (secondary N) is 1. The monoisotopic (exact) mass is 415 g/mol. The van der Waals surface area contributed by atoms with Crippen molar-refractivity contribution in [3.63, 3.8) is 0 Å². The number of aromatic nitrogens is 2. The second-order valence-electron chi connectivity index (χ2n) is 6.32. The van der Waals surface area contributed by atoms with Crippen LogP contribution in [0.2, 0.25) is 0 Å². The lowest BCUT2D eigenvalue weighted by atomic mass is 10.1. The summed E-state index contributed by atoms with van der Waals surface area (Å²) in [6.45, 7) is 0.812. The van der Waals surface area contributed by atoms with Gasteiger partial charge in [0, 0.05) is 24.1 Å². The molecular formula is C18H17N5O7. The molecule has 0 radical (unpaired) electrons. The number of esters is 2. The van der Waals surface area contributed by atoms with Gasteiger partial charge in [0.25, 0.3) is 5.56 Å². The zero-order valence-corrected chi connectivity index (χ0v) is 15.7. The van der Waals surface area contributed by atoms with Crippen LogP contribution in [0, 0.1) is 0 Å². The van der Waals surface area contributed by atoms with E-state index in [4.69, 9.17) is 19.7 Å². The van der Waals surface area contributed by atoms with Crippen molar-refractivity contribution in [2.24, 2.45) is 5.11 Å². The molecule has 0 amide bonds. The molecule has 0 unspecified atom stereocenters. The molecule has 1 aromatic heterocycles. The van der Waals surface area contributed by atoms with Gasteiger partial charge in [0.15, 0.2) is 12.3 Å². The lowest BCUT2D eigenvalue weighted by Crippen LogP contribution is -2.39. The summed E-state index contributed by atoms with van der Waals surface area (Å²) < 4.78 is 17.2. The highest BCUT2D eigenvalue weighted by Gasteiger charge is 2.48. The Morgan fingerprint density at radius 3 is 2.63 bits per heavy atom. The first-order valence-electron chi connectivity index (χ1n) is 8.81. The number of ether oxygens (including phenoxy) is 3. The Balaban J connectivity index is 1.87. The second kappa shape index (κ2) is 9.07. The van der Waals surface area contributed by atoms with E-state index < -0.39 is 47.7 Å². The molecule has 2 heterocycles. The van der Waals surface area contributed by atoms with E-state index in [1.54, 1.807) is 30.3 Å². The molecule has 0 aliphatic carbocycles. The van der Waals surface area contributed by atoms with E-state index in [2.05, 4.69) is 15.0 Å². The second-order valence-corrected chi connectivity index (χ2v) is 6.32. The molecule has 1 N–H and O–H groups in total. The standard InChI is InChI=1S/C18H17N5O7/c1-10(24)29-15-14(21-22-19)12(9-28-17(26)11-5-3-2-4-6-11)30-16(15)23-8-7-13(25)20-18(23)27/h2-8,12,14-16H,9H2,1H3,(H,20,25,27)/t12-,14-,15-,16-/m1/s1. The average molecular weight is 415 g/mol. The van der Waals surface area contributed by atoms with Gasteiger partial charge in [-0.25, -0.2) is 9.59 Å². The van der Waals surface area contributed by atoms with Gasteiger partial charge in [-0.1, -0.05) is 23.3 Å². The van der Waals surface area contributed by atoms with Gasteiger partial charge in [0.1, 0.15) is 18.8 Å². The zero-order valence-electron chi connectivity index (χ0n) is 15.7. The van der Waals surface area contributed by atoms with Crippen molar-refractivity contribution < 1.29 is 23.8 Å². The molecule has 156 valence electrons. The number of benzene rings is 1. The lowest BCUT2D eigenvalue weighted by molar-refractivity contribution is -0.153. The van der Waals surface area contributed by atoms with Gasteiger partial charge in [-0.2, -0.15) is 0 Å². The molecule has 12 heteroatoms. The molecule has 2 aromatic rings. The van der Waals surface area contributed by atoms with Gasteiger partial charge in [0.05, 0.1) is 5.56 Å². The molecule has 30 heavy (non-hydrogen) atoms. The van der Waals surface area contributed by atoms with E-state index >= 15 is 0 Å². The highest BCUT2D eigenvalue weighted by molar-refractivity contribution is 5.89. The number of aromatic amines is 1. The van der Waals surface area contributed by atoms with E-state index in [1.165, 1.54) is 0 Å². The maximum atomic E-state index is 12.2. The minimum atomic E-state index is -1.21. The molecule has 1 aliphatic heterocycles. The van der Waals surface area contributed by atoms with Crippen molar-refractivity contribution in [2.75, 3.05) is 6.61 Å². The van der Waals surface area contributed by atoms with Gasteiger partial charge in [-0.15, -0.1) is 0 Å². The van der Waals surface area contributed by atoms with Crippen molar-refractivity contribution in [3.8, 4) is 0 Å². The predicted molar refractivity (Wildman–Crippen MR) is 100 cm³/mol. The Morgan fingerprint density at radius 2 is 2.00 bits per heavy atom. The molecule has 0 bridgehead atoms. The van der Waals surface area contributed by atoms with Gasteiger partial charge in [-0.05, 0) is 17.7 Å². The minimum absolute atomic E-state index is 0.306. The smallest absolute Gasteiger partial charge is 0.338 e. The highest BCUT2D eigenvalue weighted by Crippen LogP contribution is 2.33. The number of hydrogen-bond donors (Lipinski definition) is 1. The van der Waals surface area contributed by atoms with Gasteiger partial charge in [-0.3, -0.25) is 19.1 Å². The number of carbonyl (C=O) groups excluding carboxylic acids is 2. The summed E-state index contributed by atoms with van der Waals surface area (Å²) >= 11 is 0. The molecule has 0 spiro atoms. The van der Waals surface area contributed by atoms with Gasteiger partial charge < -0.3 is 14.2 Å². The number of H-pyrrole nitrogens is 1. The molecule has 1 aliphatic rings. The largest absolute Gasteiger partial charge is 0.459 e. The summed E-state index contributed by atoms with van der Waals surface area (Å²) in [5, 5.41) is 3.61. The fraction of sp³-hybridized carbons (Fsp3) is 0.333. The Labute approximate surface area is 168 Å². The van der Waals surface area contributed by atoms with Crippen molar-refractivity contribution in [1.82, 2.24) is 9.55 Å². The van der Waals surface area contributed by atoms with Crippen LogP contribution >= 0.6 is 0 Å². The molecule has 4 atom stereocenters. The van der Waals surface area contributed by atoms with Crippen LogP contribution in [-0.2, 0) is 19.0 Å². The maximum absolute atomic E-state index is 12.2. The van der Waals surface area contributed by atoms with Crippen molar-refractivity contribution in [3.05, 3.63) is 79.4 Å². The normalized spacial score (nSPS) is 22.7. The van der Waals surface area contributed by atoms with Crippen LogP contribution in [-0.4, -0.2) is 46.3 Å². The Morgan fingerprint density at radius 1 is 1.27 bits per heavy atom. The molecule has 3 rings (SSSR count). The SMILES string of the molecule is CC(=O)O[C@@H]1[C@H](N=[N+]=[N-])[C@@H](COC(=O)c2ccccc2)O[C@H]1n1ccc(=O)[nH]c1=O. The molecule has 1 fully saturated rings. The summed E-state index contributed by atoms with van der Waals surface area (Å²) in [6, 6.07) is 8.19. The first-order valence-corrected chi connectivity index (χ1v) is 8.81. The third-order valence-electron chi connectivity index (χ3n) is 4.31. The van der Waals surface area contributed by atoms with E-state index in [0.717, 1.165) is 23.8 Å². The Kier molecular flexibility index (Phi) is 6.30. The molecule has 12 nitrogen and oxygen atoms in total. The summed E-state index contributed by atoms with van der Waals surface area (Å²) in [5.74, 6) is -1.33. The number of azide groups is 1. The van der Waals surface area contributed by atoms with Crippen molar-refractivity contribution >= 4 is 11.9 Å². The summed E-state index contributed by atoms with van der Waals surface area (Å²) in [7, 11) is 0. The first kappa shape index (κ1) is 20.8. The van der Waals surface area contributed by atoms with Crippen LogP contribution in [0.15, 0.2) is 57.3 Å². The summed E-state index contributed by atoms with van der Waals surface area (Å²) in [4.78, 5) is 52.1. The summed E-state index contributed by atoms with van der Waals surface area (Å²) in [6.07, 6.45) is -2.26. The number of rotatable bonds is 6. The number of carbonyl (C=O) groups is 2. The maximum Gasteiger partial charge on any atom is 0.338 e. The Bertz CT molecular complexity index is 1090. The quantitative estimate of drug-likeness (QED) is 0.317. The van der Waals surface area contributed by atoms with E-state index in [-0.39, 0.29) is 6.61 Å². The van der Waals surface area contributed by atoms with Crippen LogP contribution in [0.4, 0.5) is 0 Å². The van der Waals surface area contributed by atoms with Crippen LogP contribution in [0.5, 0.6) is 0 Å². The zero-order chi connectivity index (χ0) is 21.7. The molecule has 1 saturated heterocycles. The Hall–Kier alpha value is -3.89. The first-order chi connectivity index (χ1) is 14.4. The fourth-order valence-corrected chi connectivity index (χ4v) is 3.04. The lowest BCUT2D eigenvalue weighted by Gasteiger charge is -2.21. The third-order valence-corrected chi connectivity index (χ3v) is 4.31. The summed E-state index contributed by atoms with van der Waals surface area (Å²) in [5.41, 5.74) is 7.80. The number of nitrogens with zero attached hydrogens (tertiary/aromatic N) is 4. The van der Waals surface area contributed by atoms with Crippen molar-refractivity contribution in [2.45, 2.75) is 31.4 Å². The van der Waals surface area contributed by atoms with Crippen LogP contribution in [0.1, 0.15) is 23.5 Å². The third kappa shape index (κ3) is 4.57. The van der Waals surface area contributed by atoms with Crippen LogP contribution < -0.4 is 11.2 Å². The van der Waals surface area contributed by atoms with Crippen LogP contribution in [0.3, 0.4) is 0 Å². The van der Waals surface area contributed by atoms with Gasteiger partial charge >= 0.3 is 17.6 Å². The topological polar surface area (TPSA) is 165 Å². The van der Waals surface area contributed by atoms with Crippen molar-refractivity contribution in [1.29, 1.82) is 0 Å². The number of hydrogen-bond acceptors (Lipinski definition) is 8. The molecule has 1 aromatic carbocycles. The van der Waals surface area contributed by atoms with Crippen LogP contribution in [0.25, 0.3) is 10.4 Å². The molecule has 0 saturated carbocycles.